The van der Waals surface area contributed by atoms with Crippen molar-refractivity contribution < 1.29 is 18.7 Å². The van der Waals surface area contributed by atoms with Gasteiger partial charge < -0.3 is 9.47 Å². The van der Waals surface area contributed by atoms with Gasteiger partial charge in [-0.25, -0.2) is 9.18 Å². The highest BCUT2D eigenvalue weighted by Gasteiger charge is 2.20. The Hall–Kier alpha value is -2.87. The summed E-state index contributed by atoms with van der Waals surface area (Å²) in [4.78, 5) is 12.3. The number of halogens is 1. The first-order valence-corrected chi connectivity index (χ1v) is 13.2. The Morgan fingerprint density at radius 2 is 1.54 bits per heavy atom. The van der Waals surface area contributed by atoms with Crippen LogP contribution in [-0.2, 0) is 0 Å². The van der Waals surface area contributed by atoms with Gasteiger partial charge in [-0.3, -0.25) is 0 Å². The van der Waals surface area contributed by atoms with Crippen LogP contribution < -0.4 is 9.47 Å². The number of carbonyl (C=O) groups is 1. The van der Waals surface area contributed by atoms with Gasteiger partial charge in [-0.2, -0.15) is 5.26 Å². The topological polar surface area (TPSA) is 59.3 Å². The van der Waals surface area contributed by atoms with E-state index in [1.807, 2.05) is 0 Å². The third-order valence-corrected chi connectivity index (χ3v) is 7.07. The number of benzene rings is 2. The number of ether oxygens (including phenoxy) is 2. The van der Waals surface area contributed by atoms with Crippen LogP contribution in [-0.4, -0.2) is 12.6 Å². The van der Waals surface area contributed by atoms with Gasteiger partial charge in [0.05, 0.1) is 17.7 Å². The molecule has 35 heavy (non-hydrogen) atoms. The summed E-state index contributed by atoms with van der Waals surface area (Å²) in [7, 11) is 0. The molecule has 2 aromatic rings. The van der Waals surface area contributed by atoms with Crippen LogP contribution in [0.3, 0.4) is 0 Å². The van der Waals surface area contributed by atoms with Crippen LogP contribution in [0.1, 0.15) is 99.9 Å². The fourth-order valence-corrected chi connectivity index (χ4v) is 4.91. The molecule has 3 rings (SSSR count). The lowest BCUT2D eigenvalue weighted by molar-refractivity contribution is 0.0734. The summed E-state index contributed by atoms with van der Waals surface area (Å²) in [6.07, 6.45) is 16.1. The fourth-order valence-electron chi connectivity index (χ4n) is 4.91. The zero-order valence-corrected chi connectivity index (χ0v) is 20.9. The van der Waals surface area contributed by atoms with E-state index in [4.69, 9.17) is 14.7 Å². The average Bonchev–Trinajstić information content (AvgIpc) is 2.88. The minimum absolute atomic E-state index is 0.0628. The zero-order valence-electron chi connectivity index (χ0n) is 20.9. The first kappa shape index (κ1) is 26.7. The number of unbranched alkanes of at least 4 members (excludes halogenated alkanes) is 4. The molecule has 2 aromatic carbocycles. The molecule has 0 aliphatic heterocycles. The smallest absolute Gasteiger partial charge is 0.343 e. The van der Waals surface area contributed by atoms with Crippen LogP contribution in [0.2, 0.25) is 0 Å². The summed E-state index contributed by atoms with van der Waals surface area (Å²) >= 11 is 0. The number of esters is 1. The molecule has 1 fully saturated rings. The molecule has 1 aliphatic rings. The van der Waals surface area contributed by atoms with Gasteiger partial charge in [0.25, 0.3) is 0 Å². The minimum atomic E-state index is -0.715. The number of carbonyl (C=O) groups excluding carboxylic acids is 1. The Bertz CT molecular complexity index is 959. The third-order valence-electron chi connectivity index (χ3n) is 7.07. The maximum atomic E-state index is 13.7. The average molecular weight is 480 g/mol. The predicted molar refractivity (Wildman–Crippen MR) is 136 cm³/mol. The summed E-state index contributed by atoms with van der Waals surface area (Å²) in [5.74, 6) is 1.26. The standard InChI is InChI=1S/C30H38FNO3/c1-2-3-4-5-6-8-23-10-12-24(13-11-23)9-7-20-34-27-17-14-25(15-18-27)30(33)35-28-19-16-26(22-32)29(31)21-28/h14-19,21,23-24H,2-13,20H2,1H3. The SMILES string of the molecule is CCCCCCCC1CCC(CCCOc2ccc(C(=O)Oc3ccc(C#N)c(F)c3)cc2)CC1. The lowest BCUT2D eigenvalue weighted by atomic mass is 9.78. The third kappa shape index (κ3) is 9.02. The van der Waals surface area contributed by atoms with E-state index < -0.39 is 11.8 Å². The van der Waals surface area contributed by atoms with Gasteiger partial charge in [0.1, 0.15) is 23.4 Å². The molecule has 4 nitrogen and oxygen atoms in total. The Morgan fingerprint density at radius 1 is 0.914 bits per heavy atom. The van der Waals surface area contributed by atoms with Crippen LogP contribution in [0.4, 0.5) is 4.39 Å². The van der Waals surface area contributed by atoms with E-state index >= 15 is 0 Å². The molecule has 1 aliphatic carbocycles. The van der Waals surface area contributed by atoms with Crippen LogP contribution >= 0.6 is 0 Å². The van der Waals surface area contributed by atoms with Gasteiger partial charge >= 0.3 is 5.97 Å². The first-order valence-electron chi connectivity index (χ1n) is 13.2. The van der Waals surface area contributed by atoms with E-state index in [9.17, 15) is 9.18 Å². The van der Waals surface area contributed by atoms with Crippen LogP contribution in [0.5, 0.6) is 11.5 Å². The van der Waals surface area contributed by atoms with E-state index in [0.29, 0.717) is 12.2 Å². The molecular weight excluding hydrogens is 441 g/mol. The summed E-state index contributed by atoms with van der Waals surface area (Å²) in [5.41, 5.74) is 0.261. The molecule has 5 heteroatoms. The molecule has 0 radical (unpaired) electrons. The molecule has 0 unspecified atom stereocenters. The molecule has 0 saturated heterocycles. The number of hydrogen-bond acceptors (Lipinski definition) is 4. The summed E-state index contributed by atoms with van der Waals surface area (Å²) < 4.78 is 24.8. The Morgan fingerprint density at radius 3 is 2.17 bits per heavy atom. The molecule has 0 heterocycles. The van der Waals surface area contributed by atoms with Gasteiger partial charge in [-0.15, -0.1) is 0 Å². The largest absolute Gasteiger partial charge is 0.494 e. The lowest BCUT2D eigenvalue weighted by Gasteiger charge is -2.28. The molecule has 1 saturated carbocycles. The summed E-state index contributed by atoms with van der Waals surface area (Å²) in [6.45, 7) is 2.94. The van der Waals surface area contributed by atoms with Crippen molar-refractivity contribution in [3.05, 3.63) is 59.4 Å². The summed E-state index contributed by atoms with van der Waals surface area (Å²) in [5, 5.41) is 8.78. The number of nitrogens with zero attached hydrogens (tertiary/aromatic N) is 1. The highest BCUT2D eigenvalue weighted by atomic mass is 19.1. The molecule has 188 valence electrons. The van der Waals surface area contributed by atoms with Crippen molar-refractivity contribution in [1.82, 2.24) is 0 Å². The normalized spacial score (nSPS) is 17.5. The van der Waals surface area contributed by atoms with E-state index in [-0.39, 0.29) is 11.3 Å². The molecule has 0 aromatic heterocycles. The maximum Gasteiger partial charge on any atom is 0.343 e. The van der Waals surface area contributed by atoms with Crippen molar-refractivity contribution in [1.29, 1.82) is 5.26 Å². The van der Waals surface area contributed by atoms with Crippen molar-refractivity contribution in [2.24, 2.45) is 11.8 Å². The second kappa shape index (κ2) is 14.5. The minimum Gasteiger partial charge on any atom is -0.494 e. The number of hydrogen-bond donors (Lipinski definition) is 0. The second-order valence-electron chi connectivity index (χ2n) is 9.75. The Kier molecular flexibility index (Phi) is 11.1. The van der Waals surface area contributed by atoms with E-state index in [1.54, 1.807) is 30.3 Å². The van der Waals surface area contributed by atoms with Crippen molar-refractivity contribution >= 4 is 5.97 Å². The maximum absolute atomic E-state index is 13.7. The van der Waals surface area contributed by atoms with E-state index in [2.05, 4.69) is 6.92 Å². The van der Waals surface area contributed by atoms with Crippen LogP contribution in [0.25, 0.3) is 0 Å². The molecule has 0 atom stereocenters. The van der Waals surface area contributed by atoms with Gasteiger partial charge in [-0.05, 0) is 61.1 Å². The number of rotatable bonds is 13. The monoisotopic (exact) mass is 479 g/mol. The fraction of sp³-hybridized carbons (Fsp3) is 0.533. The van der Waals surface area contributed by atoms with E-state index in [0.717, 1.165) is 30.1 Å². The molecule has 0 N–H and O–H groups in total. The summed E-state index contributed by atoms with van der Waals surface area (Å²) in [6, 6.07) is 12.2. The van der Waals surface area contributed by atoms with Crippen LogP contribution in [0.15, 0.2) is 42.5 Å². The highest BCUT2D eigenvalue weighted by Crippen LogP contribution is 2.34. The first-order chi connectivity index (χ1) is 17.1. The van der Waals surface area contributed by atoms with Crippen molar-refractivity contribution in [3.8, 4) is 17.6 Å². The van der Waals surface area contributed by atoms with E-state index in [1.165, 1.54) is 82.8 Å². The van der Waals surface area contributed by atoms with Crippen molar-refractivity contribution in [3.63, 3.8) is 0 Å². The number of nitriles is 1. The Labute approximate surface area is 209 Å². The van der Waals surface area contributed by atoms with Crippen molar-refractivity contribution in [2.75, 3.05) is 6.61 Å². The Balaban J connectivity index is 1.31. The van der Waals surface area contributed by atoms with Crippen LogP contribution in [0, 0.1) is 29.0 Å². The molecular formula is C30H38FNO3. The quantitative estimate of drug-likeness (QED) is 0.165. The van der Waals surface area contributed by atoms with Gasteiger partial charge in [0, 0.05) is 6.07 Å². The van der Waals surface area contributed by atoms with Crippen molar-refractivity contribution in [2.45, 2.75) is 84.0 Å². The molecule has 0 spiro atoms. The molecule has 0 amide bonds. The zero-order chi connectivity index (χ0) is 24.9. The van der Waals surface area contributed by atoms with Gasteiger partial charge in [0.2, 0.25) is 0 Å². The predicted octanol–water partition coefficient (Wildman–Crippen LogP) is 8.24. The van der Waals surface area contributed by atoms with Gasteiger partial charge in [0.15, 0.2) is 0 Å². The second-order valence-corrected chi connectivity index (χ2v) is 9.75. The molecule has 0 bridgehead atoms. The lowest BCUT2D eigenvalue weighted by Crippen LogP contribution is -2.15. The van der Waals surface area contributed by atoms with Gasteiger partial charge in [-0.1, -0.05) is 71.1 Å². The highest BCUT2D eigenvalue weighted by molar-refractivity contribution is 5.91.